The summed E-state index contributed by atoms with van der Waals surface area (Å²) < 4.78 is 26.9. The first-order valence-corrected chi connectivity index (χ1v) is 7.74. The van der Waals surface area contributed by atoms with E-state index in [4.69, 9.17) is 22.8 Å². The van der Waals surface area contributed by atoms with Crippen LogP contribution in [0.4, 0.5) is 0 Å². The van der Waals surface area contributed by atoms with E-state index < -0.39 is 8.80 Å². The van der Waals surface area contributed by atoms with Gasteiger partial charge in [-0.25, -0.2) is 0 Å². The van der Waals surface area contributed by atoms with E-state index in [1.807, 2.05) is 0 Å². The van der Waals surface area contributed by atoms with Crippen molar-refractivity contribution in [3.63, 3.8) is 0 Å². The summed E-state index contributed by atoms with van der Waals surface area (Å²) in [4.78, 5) is 0. The van der Waals surface area contributed by atoms with Crippen molar-refractivity contribution in [2.75, 3.05) is 40.6 Å². The molecule has 0 amide bonds. The third kappa shape index (κ3) is 5.76. The lowest BCUT2D eigenvalue weighted by atomic mass is 10.5. The Morgan fingerprint density at radius 1 is 1.41 bits per heavy atom. The maximum atomic E-state index is 5.61. The van der Waals surface area contributed by atoms with Gasteiger partial charge in [-0.05, 0) is 6.42 Å². The van der Waals surface area contributed by atoms with Crippen molar-refractivity contribution in [1.29, 1.82) is 0 Å². The van der Waals surface area contributed by atoms with Crippen LogP contribution >= 0.6 is 0 Å². The van der Waals surface area contributed by atoms with Crippen LogP contribution in [0.3, 0.4) is 0 Å². The largest absolute Gasteiger partial charge is 0.500 e. The second-order valence-electron chi connectivity index (χ2n) is 3.82. The number of epoxide rings is 1. The quantitative estimate of drug-likeness (QED) is 0.242. The molecule has 1 fully saturated rings. The van der Waals surface area contributed by atoms with Crippen molar-refractivity contribution in [3.8, 4) is 0 Å². The molecule has 1 aliphatic rings. The zero-order valence-corrected chi connectivity index (χ0v) is 11.6. The van der Waals surface area contributed by atoms with Gasteiger partial charge in [0, 0.05) is 26.9 Å². The van der Waals surface area contributed by atoms with E-state index >= 15 is 0 Å². The third-order valence-electron chi connectivity index (χ3n) is 2.52. The van der Waals surface area contributed by atoms with E-state index in [0.717, 1.165) is 19.1 Å². The normalized spacial score (nSPS) is 19.3. The van der Waals surface area contributed by atoms with E-state index in [9.17, 15) is 0 Å². The molecule has 5 nitrogen and oxygen atoms in total. The Morgan fingerprint density at radius 2 is 2.12 bits per heavy atom. The smallest absolute Gasteiger partial charge is 0.379 e. The highest BCUT2D eigenvalue weighted by atomic mass is 28.4. The lowest BCUT2D eigenvalue weighted by Crippen LogP contribution is -2.44. The van der Waals surface area contributed by atoms with Crippen LogP contribution in [0, 0.1) is 0 Å². The Hall–Kier alpha value is -0.243. The van der Waals surface area contributed by atoms with Crippen molar-refractivity contribution in [2.45, 2.75) is 18.6 Å². The minimum Gasteiger partial charge on any atom is -0.379 e. The van der Waals surface area contributed by atoms with Gasteiger partial charge in [0.25, 0.3) is 0 Å². The summed E-state index contributed by atoms with van der Waals surface area (Å²) in [6, 6.07) is 0.749. The number of hydrogen-bond donors (Lipinski definition) is 0. The first kappa shape index (κ1) is 14.8. The van der Waals surface area contributed by atoms with Gasteiger partial charge in [-0.3, -0.25) is 0 Å². The topological polar surface area (TPSA) is 49.5 Å². The van der Waals surface area contributed by atoms with Gasteiger partial charge in [0.05, 0.1) is 19.8 Å². The van der Waals surface area contributed by atoms with Crippen molar-refractivity contribution in [1.82, 2.24) is 0 Å². The minimum atomic E-state index is -2.51. The van der Waals surface area contributed by atoms with Crippen LogP contribution in [0.5, 0.6) is 0 Å². The van der Waals surface area contributed by atoms with Gasteiger partial charge in [-0.2, -0.15) is 0 Å². The van der Waals surface area contributed by atoms with Crippen LogP contribution in [-0.2, 0) is 22.8 Å². The first-order chi connectivity index (χ1) is 8.26. The summed E-state index contributed by atoms with van der Waals surface area (Å²) in [5.41, 5.74) is 0. The molecule has 1 heterocycles. The molecule has 1 saturated heterocycles. The predicted octanol–water partition coefficient (Wildman–Crippen LogP) is 1.23. The second kappa shape index (κ2) is 7.96. The molecule has 0 radical (unpaired) electrons. The molecule has 1 atom stereocenters. The molecule has 6 heteroatoms. The lowest BCUT2D eigenvalue weighted by molar-refractivity contribution is 0.0936. The molecule has 0 saturated carbocycles. The van der Waals surface area contributed by atoms with Crippen molar-refractivity contribution < 1.29 is 22.8 Å². The lowest BCUT2D eigenvalue weighted by Gasteiger charge is -2.25. The molecule has 0 aromatic rings. The number of ether oxygens (including phenoxy) is 2. The molecular weight excluding hydrogens is 240 g/mol. The van der Waals surface area contributed by atoms with Crippen LogP contribution in [0.15, 0.2) is 12.7 Å². The van der Waals surface area contributed by atoms with Gasteiger partial charge in [0.15, 0.2) is 0 Å². The van der Waals surface area contributed by atoms with Crippen LogP contribution < -0.4 is 0 Å². The zero-order chi connectivity index (χ0) is 12.6. The van der Waals surface area contributed by atoms with Crippen molar-refractivity contribution >= 4 is 8.80 Å². The highest BCUT2D eigenvalue weighted by Crippen LogP contribution is 2.16. The fourth-order valence-electron chi connectivity index (χ4n) is 1.43. The van der Waals surface area contributed by atoms with E-state index in [-0.39, 0.29) is 0 Å². The van der Waals surface area contributed by atoms with Gasteiger partial charge in [-0.1, -0.05) is 6.08 Å². The van der Waals surface area contributed by atoms with Crippen LogP contribution in [0.25, 0.3) is 0 Å². The fourth-order valence-corrected chi connectivity index (χ4v) is 3.34. The molecule has 1 unspecified atom stereocenters. The fraction of sp³-hybridized carbons (Fsp3) is 0.818. The average molecular weight is 262 g/mol. The van der Waals surface area contributed by atoms with E-state index in [1.165, 1.54) is 0 Å². The zero-order valence-electron chi connectivity index (χ0n) is 10.6. The number of hydrogen-bond acceptors (Lipinski definition) is 5. The van der Waals surface area contributed by atoms with Crippen molar-refractivity contribution in [3.05, 3.63) is 12.7 Å². The molecule has 0 spiro atoms. The average Bonchev–Trinajstić information content (AvgIpc) is 3.17. The molecule has 0 bridgehead atoms. The highest BCUT2D eigenvalue weighted by molar-refractivity contribution is 6.60. The highest BCUT2D eigenvalue weighted by Gasteiger charge is 2.38. The van der Waals surface area contributed by atoms with Gasteiger partial charge < -0.3 is 22.8 Å². The van der Waals surface area contributed by atoms with Crippen LogP contribution in [0.2, 0.25) is 6.04 Å². The predicted molar refractivity (Wildman–Crippen MR) is 65.9 cm³/mol. The Kier molecular flexibility index (Phi) is 6.94. The maximum Gasteiger partial charge on any atom is 0.500 e. The van der Waals surface area contributed by atoms with E-state index in [0.29, 0.717) is 25.9 Å². The SMILES string of the molecule is C=CCO[Si](CCCOCC1CO1)(OC)OC. The van der Waals surface area contributed by atoms with Crippen LogP contribution in [-0.4, -0.2) is 55.6 Å². The molecular formula is C11H22O5Si. The Balaban J connectivity index is 2.14. The third-order valence-corrected chi connectivity index (χ3v) is 5.34. The summed E-state index contributed by atoms with van der Waals surface area (Å²) in [6.07, 6.45) is 2.87. The van der Waals surface area contributed by atoms with Crippen LogP contribution in [0.1, 0.15) is 6.42 Å². The minimum absolute atomic E-state index is 0.318. The number of rotatable bonds is 11. The molecule has 0 aromatic carbocycles. The van der Waals surface area contributed by atoms with Gasteiger partial charge in [-0.15, -0.1) is 6.58 Å². The van der Waals surface area contributed by atoms with E-state index in [1.54, 1.807) is 20.3 Å². The molecule has 0 aromatic heterocycles. The molecule has 1 aliphatic heterocycles. The van der Waals surface area contributed by atoms with E-state index in [2.05, 4.69) is 6.58 Å². The summed E-state index contributed by atoms with van der Waals surface area (Å²) >= 11 is 0. The first-order valence-electron chi connectivity index (χ1n) is 5.81. The molecule has 0 aliphatic carbocycles. The van der Waals surface area contributed by atoms with Gasteiger partial charge in [0.2, 0.25) is 0 Å². The second-order valence-corrected chi connectivity index (χ2v) is 6.80. The van der Waals surface area contributed by atoms with Gasteiger partial charge >= 0.3 is 8.80 Å². The van der Waals surface area contributed by atoms with Crippen molar-refractivity contribution in [2.24, 2.45) is 0 Å². The Bertz CT molecular complexity index is 216. The maximum absolute atomic E-state index is 5.61. The Morgan fingerprint density at radius 3 is 2.65 bits per heavy atom. The summed E-state index contributed by atoms with van der Waals surface area (Å²) in [5, 5.41) is 0. The summed E-state index contributed by atoms with van der Waals surface area (Å²) in [6.45, 7) is 6.26. The molecule has 100 valence electrons. The molecule has 1 rings (SSSR count). The molecule has 17 heavy (non-hydrogen) atoms. The summed E-state index contributed by atoms with van der Waals surface area (Å²) in [5.74, 6) is 0. The van der Waals surface area contributed by atoms with Gasteiger partial charge in [0.1, 0.15) is 6.10 Å². The Labute approximate surface area is 104 Å². The summed E-state index contributed by atoms with van der Waals surface area (Å²) in [7, 11) is 0.737. The monoisotopic (exact) mass is 262 g/mol. The standard InChI is InChI=1S/C11H22O5Si/c1-4-6-16-17(12-2,13-3)8-5-7-14-9-11-10-15-11/h4,11H,1,5-10H2,2-3H3. The molecule has 0 N–H and O–H groups in total.